The summed E-state index contributed by atoms with van der Waals surface area (Å²) in [5.74, 6) is 1.42. The van der Waals surface area contributed by atoms with Crippen LogP contribution in [0.3, 0.4) is 0 Å². The first-order chi connectivity index (χ1) is 8.33. The zero-order valence-corrected chi connectivity index (χ0v) is 12.0. The standard InChI is InChI=1S/C14H21BrN2/c1-16-10-13(11-6-8-17-9-7-11)12-4-2-3-5-14(12)15/h2-5,11,13,16-17H,6-10H2,1H3. The largest absolute Gasteiger partial charge is 0.319 e. The number of likely N-dealkylation sites (N-methyl/N-ethyl adjacent to an activating group) is 1. The summed E-state index contributed by atoms with van der Waals surface area (Å²) in [5, 5.41) is 6.80. The molecule has 0 spiro atoms. The third-order valence-corrected chi connectivity index (χ3v) is 4.40. The van der Waals surface area contributed by atoms with Gasteiger partial charge in [0.15, 0.2) is 0 Å². The number of nitrogens with one attached hydrogen (secondary N) is 2. The third-order valence-electron chi connectivity index (χ3n) is 3.68. The zero-order chi connectivity index (χ0) is 12.1. The summed E-state index contributed by atoms with van der Waals surface area (Å²) in [6, 6.07) is 8.64. The molecule has 17 heavy (non-hydrogen) atoms. The SMILES string of the molecule is CNCC(c1ccccc1Br)C1CCNCC1. The van der Waals surface area contributed by atoms with Crippen LogP contribution in [0, 0.1) is 5.92 Å². The summed E-state index contributed by atoms with van der Waals surface area (Å²) in [5.41, 5.74) is 1.45. The van der Waals surface area contributed by atoms with E-state index in [9.17, 15) is 0 Å². The second-order valence-corrected chi connectivity index (χ2v) is 5.63. The van der Waals surface area contributed by atoms with Crippen LogP contribution in [0.1, 0.15) is 24.3 Å². The smallest absolute Gasteiger partial charge is 0.0210 e. The van der Waals surface area contributed by atoms with Gasteiger partial charge in [0.1, 0.15) is 0 Å². The summed E-state index contributed by atoms with van der Waals surface area (Å²) in [6.45, 7) is 3.39. The highest BCUT2D eigenvalue weighted by Crippen LogP contribution is 2.34. The van der Waals surface area contributed by atoms with Gasteiger partial charge in [-0.25, -0.2) is 0 Å². The molecule has 0 bridgehead atoms. The molecule has 1 fully saturated rings. The number of piperidine rings is 1. The van der Waals surface area contributed by atoms with E-state index < -0.39 is 0 Å². The van der Waals surface area contributed by atoms with Crippen LogP contribution >= 0.6 is 15.9 Å². The van der Waals surface area contributed by atoms with Gasteiger partial charge in [0.05, 0.1) is 0 Å². The zero-order valence-electron chi connectivity index (χ0n) is 10.4. The molecule has 1 atom stereocenters. The van der Waals surface area contributed by atoms with Crippen LogP contribution in [-0.2, 0) is 0 Å². The second kappa shape index (κ2) is 6.53. The van der Waals surface area contributed by atoms with Gasteiger partial charge in [-0.1, -0.05) is 34.1 Å². The maximum Gasteiger partial charge on any atom is 0.0210 e. The number of hydrogen-bond donors (Lipinski definition) is 2. The average Bonchev–Trinajstić information content (AvgIpc) is 2.38. The van der Waals surface area contributed by atoms with E-state index in [1.165, 1.54) is 22.9 Å². The molecule has 2 N–H and O–H groups in total. The molecule has 0 amide bonds. The van der Waals surface area contributed by atoms with E-state index >= 15 is 0 Å². The van der Waals surface area contributed by atoms with Gasteiger partial charge in [-0.05, 0) is 50.5 Å². The van der Waals surface area contributed by atoms with Gasteiger partial charge in [0, 0.05) is 16.9 Å². The first-order valence-electron chi connectivity index (χ1n) is 6.42. The van der Waals surface area contributed by atoms with E-state index in [1.807, 2.05) is 7.05 Å². The summed E-state index contributed by atoms with van der Waals surface area (Å²) in [4.78, 5) is 0. The van der Waals surface area contributed by atoms with E-state index in [0.29, 0.717) is 5.92 Å². The fourth-order valence-corrected chi connectivity index (χ4v) is 3.35. The lowest BCUT2D eigenvalue weighted by atomic mass is 9.80. The highest BCUT2D eigenvalue weighted by molar-refractivity contribution is 9.10. The summed E-state index contributed by atoms with van der Waals surface area (Å²) < 4.78 is 1.25. The number of halogens is 1. The highest BCUT2D eigenvalue weighted by Gasteiger charge is 2.25. The fourth-order valence-electron chi connectivity index (χ4n) is 2.77. The molecule has 1 aliphatic rings. The van der Waals surface area contributed by atoms with Crippen LogP contribution in [0.2, 0.25) is 0 Å². The second-order valence-electron chi connectivity index (χ2n) is 4.77. The van der Waals surface area contributed by atoms with Crippen molar-refractivity contribution in [2.75, 3.05) is 26.7 Å². The molecular weight excluding hydrogens is 276 g/mol. The molecule has 3 heteroatoms. The maximum atomic E-state index is 3.69. The van der Waals surface area contributed by atoms with Crippen molar-refractivity contribution < 1.29 is 0 Å². The predicted molar refractivity (Wildman–Crippen MR) is 76.4 cm³/mol. The molecule has 1 saturated heterocycles. The Morgan fingerprint density at radius 1 is 1.35 bits per heavy atom. The van der Waals surface area contributed by atoms with Gasteiger partial charge in [-0.3, -0.25) is 0 Å². The van der Waals surface area contributed by atoms with Crippen LogP contribution in [0.25, 0.3) is 0 Å². The molecule has 0 aliphatic carbocycles. The number of hydrogen-bond acceptors (Lipinski definition) is 2. The van der Waals surface area contributed by atoms with Crippen LogP contribution in [0.4, 0.5) is 0 Å². The van der Waals surface area contributed by atoms with Crippen LogP contribution in [-0.4, -0.2) is 26.7 Å². The molecule has 1 heterocycles. The minimum atomic E-state index is 0.623. The van der Waals surface area contributed by atoms with Crippen molar-refractivity contribution in [2.24, 2.45) is 5.92 Å². The van der Waals surface area contributed by atoms with E-state index in [4.69, 9.17) is 0 Å². The number of rotatable bonds is 4. The Morgan fingerprint density at radius 2 is 2.06 bits per heavy atom. The van der Waals surface area contributed by atoms with E-state index in [1.54, 1.807) is 0 Å². The molecule has 2 rings (SSSR count). The lowest BCUT2D eigenvalue weighted by Crippen LogP contribution is -2.34. The maximum absolute atomic E-state index is 3.69. The first-order valence-corrected chi connectivity index (χ1v) is 7.22. The van der Waals surface area contributed by atoms with Gasteiger partial charge in [0.2, 0.25) is 0 Å². The molecular formula is C14H21BrN2. The van der Waals surface area contributed by atoms with Gasteiger partial charge >= 0.3 is 0 Å². The van der Waals surface area contributed by atoms with Crippen molar-refractivity contribution in [1.82, 2.24) is 10.6 Å². The Morgan fingerprint density at radius 3 is 2.71 bits per heavy atom. The Labute approximate surface area is 112 Å². The summed E-state index contributed by atoms with van der Waals surface area (Å²) >= 11 is 3.69. The van der Waals surface area contributed by atoms with E-state index in [0.717, 1.165) is 25.6 Å². The normalized spacial score (nSPS) is 19.2. The van der Waals surface area contributed by atoms with Gasteiger partial charge in [-0.2, -0.15) is 0 Å². The van der Waals surface area contributed by atoms with Gasteiger partial charge in [-0.15, -0.1) is 0 Å². The molecule has 94 valence electrons. The van der Waals surface area contributed by atoms with Crippen LogP contribution < -0.4 is 10.6 Å². The molecule has 1 unspecified atom stereocenters. The minimum absolute atomic E-state index is 0.623. The predicted octanol–water partition coefficient (Wildman–Crippen LogP) is 2.75. The molecule has 0 radical (unpaired) electrons. The summed E-state index contributed by atoms with van der Waals surface area (Å²) in [7, 11) is 2.05. The Bertz CT molecular complexity index is 348. The van der Waals surface area contributed by atoms with Gasteiger partial charge in [0.25, 0.3) is 0 Å². The third kappa shape index (κ3) is 3.30. The number of benzene rings is 1. The van der Waals surface area contributed by atoms with E-state index in [2.05, 4.69) is 50.8 Å². The van der Waals surface area contributed by atoms with Crippen molar-refractivity contribution in [2.45, 2.75) is 18.8 Å². The molecule has 0 saturated carbocycles. The molecule has 1 aromatic rings. The average molecular weight is 297 g/mol. The van der Waals surface area contributed by atoms with E-state index in [-0.39, 0.29) is 0 Å². The Balaban J connectivity index is 2.18. The van der Waals surface area contributed by atoms with Crippen molar-refractivity contribution in [3.8, 4) is 0 Å². The summed E-state index contributed by atoms with van der Waals surface area (Å²) in [6.07, 6.45) is 2.57. The lowest BCUT2D eigenvalue weighted by molar-refractivity contribution is 0.312. The fraction of sp³-hybridized carbons (Fsp3) is 0.571. The minimum Gasteiger partial charge on any atom is -0.319 e. The molecule has 1 aromatic carbocycles. The lowest BCUT2D eigenvalue weighted by Gasteiger charge is -2.31. The first kappa shape index (κ1) is 13.1. The Kier molecular flexibility index (Phi) is 5.01. The molecule has 0 aromatic heterocycles. The van der Waals surface area contributed by atoms with Crippen molar-refractivity contribution >= 4 is 15.9 Å². The topological polar surface area (TPSA) is 24.1 Å². The van der Waals surface area contributed by atoms with Crippen LogP contribution in [0.5, 0.6) is 0 Å². The van der Waals surface area contributed by atoms with Crippen LogP contribution in [0.15, 0.2) is 28.7 Å². The van der Waals surface area contributed by atoms with Gasteiger partial charge < -0.3 is 10.6 Å². The Hall–Kier alpha value is -0.380. The quantitative estimate of drug-likeness (QED) is 0.893. The molecule has 2 nitrogen and oxygen atoms in total. The van der Waals surface area contributed by atoms with Crippen molar-refractivity contribution in [1.29, 1.82) is 0 Å². The monoisotopic (exact) mass is 296 g/mol. The van der Waals surface area contributed by atoms with Crippen molar-refractivity contribution in [3.05, 3.63) is 34.3 Å². The molecule has 1 aliphatic heterocycles. The highest BCUT2D eigenvalue weighted by atomic mass is 79.9. The van der Waals surface area contributed by atoms with Crippen molar-refractivity contribution in [3.63, 3.8) is 0 Å².